The van der Waals surface area contributed by atoms with Crippen molar-refractivity contribution in [2.45, 2.75) is 17.7 Å². The van der Waals surface area contributed by atoms with Gasteiger partial charge in [-0.25, -0.2) is 4.98 Å². The smallest absolute Gasteiger partial charge is 0.269 e. The number of aromatic nitrogens is 1. The van der Waals surface area contributed by atoms with Crippen LogP contribution in [0, 0.1) is 21.4 Å². The van der Waals surface area contributed by atoms with Crippen LogP contribution in [-0.4, -0.2) is 16.5 Å². The summed E-state index contributed by atoms with van der Waals surface area (Å²) in [6.45, 7) is 2.53. The molecule has 3 aromatic carbocycles. The normalized spacial score (nSPS) is 10.5. The van der Waals surface area contributed by atoms with E-state index >= 15 is 0 Å². The van der Waals surface area contributed by atoms with Crippen LogP contribution in [0.5, 0.6) is 5.75 Å². The maximum absolute atomic E-state index is 10.9. The van der Waals surface area contributed by atoms with Crippen molar-refractivity contribution in [3.8, 4) is 34.2 Å². The van der Waals surface area contributed by atoms with Gasteiger partial charge in [0.15, 0.2) is 0 Å². The first kappa shape index (κ1) is 23.0. The molecular weight excluding hydrogens is 446 g/mol. The van der Waals surface area contributed by atoms with E-state index in [9.17, 15) is 15.4 Å². The van der Waals surface area contributed by atoms with Crippen LogP contribution in [0.3, 0.4) is 0 Å². The van der Waals surface area contributed by atoms with Crippen LogP contribution in [0.1, 0.15) is 18.1 Å². The summed E-state index contributed by atoms with van der Waals surface area (Å²) in [5.41, 5.74) is 4.89. The Hall–Kier alpha value is -4.15. The Kier molecular flexibility index (Phi) is 7.21. The van der Waals surface area contributed by atoms with Crippen LogP contribution >= 0.6 is 11.8 Å². The van der Waals surface area contributed by atoms with Crippen molar-refractivity contribution in [2.24, 2.45) is 0 Å². The second kappa shape index (κ2) is 10.6. The first-order valence-corrected chi connectivity index (χ1v) is 11.7. The lowest BCUT2D eigenvalue weighted by molar-refractivity contribution is -0.384. The quantitative estimate of drug-likeness (QED) is 0.159. The van der Waals surface area contributed by atoms with Gasteiger partial charge in [0, 0.05) is 29.0 Å². The second-order valence-electron chi connectivity index (χ2n) is 7.38. The number of thioether (sulfide) groups is 1. The van der Waals surface area contributed by atoms with Gasteiger partial charge < -0.3 is 4.74 Å². The lowest BCUT2D eigenvalue weighted by Crippen LogP contribution is -1.97. The number of non-ortho nitro benzene ring substituents is 1. The van der Waals surface area contributed by atoms with Gasteiger partial charge in [0.2, 0.25) is 0 Å². The van der Waals surface area contributed by atoms with Crippen LogP contribution in [0.2, 0.25) is 0 Å². The average Bonchev–Trinajstić information content (AvgIpc) is 2.88. The molecule has 0 saturated heterocycles. The first-order chi connectivity index (χ1) is 16.6. The highest BCUT2D eigenvalue weighted by Crippen LogP contribution is 2.35. The molecule has 0 aliphatic heterocycles. The number of nitro groups is 1. The van der Waals surface area contributed by atoms with E-state index in [1.807, 2.05) is 67.6 Å². The lowest BCUT2D eigenvalue weighted by Gasteiger charge is -2.13. The monoisotopic (exact) mass is 467 g/mol. The van der Waals surface area contributed by atoms with Crippen molar-refractivity contribution >= 4 is 17.4 Å². The summed E-state index contributed by atoms with van der Waals surface area (Å²) in [7, 11) is 0. The molecular formula is C27H21N3O3S. The Bertz CT molecular complexity index is 1330. The molecule has 0 atom stereocenters. The predicted octanol–water partition coefficient (Wildman–Crippen LogP) is 6.89. The molecule has 0 unspecified atom stereocenters. The summed E-state index contributed by atoms with van der Waals surface area (Å²) in [6, 6.07) is 28.2. The Labute approximate surface area is 202 Å². The largest absolute Gasteiger partial charge is 0.494 e. The molecule has 0 aliphatic rings. The van der Waals surface area contributed by atoms with Gasteiger partial charge in [-0.3, -0.25) is 10.1 Å². The average molecular weight is 468 g/mol. The molecule has 1 aromatic heterocycles. The van der Waals surface area contributed by atoms with E-state index in [1.54, 1.807) is 12.1 Å². The minimum absolute atomic E-state index is 0.0495. The number of benzene rings is 3. The summed E-state index contributed by atoms with van der Waals surface area (Å²) in [4.78, 5) is 15.3. The minimum Gasteiger partial charge on any atom is -0.494 e. The molecule has 0 radical (unpaired) electrons. The number of hydrogen-bond acceptors (Lipinski definition) is 6. The standard InChI is InChI=1S/C27H21N3O3S/c1-2-33-23-14-10-21(11-15-23)26-16-24(20-6-4-3-5-7-20)25(17-28)27(29-26)34-18-19-8-12-22(13-9-19)30(31)32/h3-16H,2,18H2,1H3. The van der Waals surface area contributed by atoms with Gasteiger partial charge in [-0.2, -0.15) is 5.26 Å². The topological polar surface area (TPSA) is 89.0 Å². The van der Waals surface area contributed by atoms with Crippen molar-refractivity contribution in [1.82, 2.24) is 4.98 Å². The zero-order valence-electron chi connectivity index (χ0n) is 18.5. The number of ether oxygens (including phenoxy) is 1. The van der Waals surface area contributed by atoms with E-state index < -0.39 is 4.92 Å². The summed E-state index contributed by atoms with van der Waals surface area (Å²) in [5, 5.41) is 21.6. The molecule has 0 spiro atoms. The number of nitriles is 1. The van der Waals surface area contributed by atoms with Crippen LogP contribution in [0.25, 0.3) is 22.4 Å². The van der Waals surface area contributed by atoms with Crippen molar-refractivity contribution < 1.29 is 9.66 Å². The lowest BCUT2D eigenvalue weighted by atomic mass is 9.99. The molecule has 7 heteroatoms. The van der Waals surface area contributed by atoms with Crippen molar-refractivity contribution in [1.29, 1.82) is 5.26 Å². The Morgan fingerprint density at radius 3 is 2.32 bits per heavy atom. The molecule has 0 aliphatic carbocycles. The number of hydrogen-bond donors (Lipinski definition) is 0. The van der Waals surface area contributed by atoms with Gasteiger partial charge in [0.25, 0.3) is 5.69 Å². The zero-order chi connectivity index (χ0) is 23.9. The van der Waals surface area contributed by atoms with Crippen LogP contribution in [0.4, 0.5) is 5.69 Å². The van der Waals surface area contributed by atoms with Gasteiger partial charge in [-0.05, 0) is 48.4 Å². The molecule has 0 fully saturated rings. The van der Waals surface area contributed by atoms with Crippen LogP contribution < -0.4 is 4.74 Å². The maximum Gasteiger partial charge on any atom is 0.269 e. The highest BCUT2D eigenvalue weighted by Gasteiger charge is 2.16. The summed E-state index contributed by atoms with van der Waals surface area (Å²) >= 11 is 1.44. The third-order valence-electron chi connectivity index (χ3n) is 5.17. The fourth-order valence-corrected chi connectivity index (χ4v) is 4.44. The zero-order valence-corrected chi connectivity index (χ0v) is 19.3. The summed E-state index contributed by atoms with van der Waals surface area (Å²) in [6.07, 6.45) is 0. The number of rotatable bonds is 8. The second-order valence-corrected chi connectivity index (χ2v) is 8.35. The maximum atomic E-state index is 10.9. The summed E-state index contributed by atoms with van der Waals surface area (Å²) in [5.74, 6) is 1.32. The third-order valence-corrected chi connectivity index (χ3v) is 6.21. The molecule has 0 amide bonds. The van der Waals surface area contributed by atoms with E-state index in [-0.39, 0.29) is 5.69 Å². The van der Waals surface area contributed by atoms with E-state index in [0.29, 0.717) is 22.9 Å². The highest BCUT2D eigenvalue weighted by atomic mass is 32.2. The number of nitro benzene ring substituents is 1. The van der Waals surface area contributed by atoms with Crippen molar-refractivity contribution in [3.63, 3.8) is 0 Å². The molecule has 1 heterocycles. The number of pyridine rings is 1. The van der Waals surface area contributed by atoms with Gasteiger partial charge in [0.1, 0.15) is 16.8 Å². The predicted molar refractivity (Wildman–Crippen MR) is 134 cm³/mol. The van der Waals surface area contributed by atoms with Crippen molar-refractivity contribution in [2.75, 3.05) is 6.61 Å². The highest BCUT2D eigenvalue weighted by molar-refractivity contribution is 7.98. The van der Waals surface area contributed by atoms with E-state index in [1.165, 1.54) is 23.9 Å². The van der Waals surface area contributed by atoms with Gasteiger partial charge in [0.05, 0.1) is 22.8 Å². The Balaban J connectivity index is 1.73. The van der Waals surface area contributed by atoms with Gasteiger partial charge >= 0.3 is 0 Å². The van der Waals surface area contributed by atoms with E-state index in [2.05, 4.69) is 6.07 Å². The first-order valence-electron chi connectivity index (χ1n) is 10.7. The molecule has 0 saturated carbocycles. The van der Waals surface area contributed by atoms with Crippen LogP contribution in [-0.2, 0) is 5.75 Å². The molecule has 0 N–H and O–H groups in total. The SMILES string of the molecule is CCOc1ccc(-c2cc(-c3ccccc3)c(C#N)c(SCc3ccc([N+](=O)[O-])cc3)n2)cc1. The fourth-order valence-electron chi connectivity index (χ4n) is 3.48. The molecule has 34 heavy (non-hydrogen) atoms. The van der Waals surface area contributed by atoms with E-state index in [4.69, 9.17) is 9.72 Å². The Morgan fingerprint density at radius 2 is 1.71 bits per heavy atom. The fraction of sp³-hybridized carbons (Fsp3) is 0.111. The Morgan fingerprint density at radius 1 is 1.00 bits per heavy atom. The molecule has 168 valence electrons. The minimum atomic E-state index is -0.418. The molecule has 4 aromatic rings. The van der Waals surface area contributed by atoms with E-state index in [0.717, 1.165) is 33.7 Å². The molecule has 4 rings (SSSR count). The summed E-state index contributed by atoms with van der Waals surface area (Å²) < 4.78 is 5.55. The number of nitrogens with zero attached hydrogens (tertiary/aromatic N) is 3. The van der Waals surface area contributed by atoms with Gasteiger partial charge in [-0.1, -0.05) is 42.5 Å². The molecule has 0 bridgehead atoms. The third kappa shape index (κ3) is 5.25. The molecule has 6 nitrogen and oxygen atoms in total. The van der Waals surface area contributed by atoms with Crippen molar-refractivity contribution in [3.05, 3.63) is 106 Å². The van der Waals surface area contributed by atoms with Crippen LogP contribution in [0.15, 0.2) is 90.0 Å². The van der Waals surface area contributed by atoms with Gasteiger partial charge in [-0.15, -0.1) is 11.8 Å².